The number of anilines is 1. The van der Waals surface area contributed by atoms with Crippen molar-refractivity contribution < 1.29 is 22.3 Å². The van der Waals surface area contributed by atoms with Gasteiger partial charge in [-0.15, -0.1) is 0 Å². The zero-order chi connectivity index (χ0) is 19.7. The van der Waals surface area contributed by atoms with Gasteiger partial charge in [0.15, 0.2) is 0 Å². The van der Waals surface area contributed by atoms with Gasteiger partial charge in [-0.2, -0.15) is 13.2 Å². The minimum absolute atomic E-state index is 0.213. The van der Waals surface area contributed by atoms with Gasteiger partial charge < -0.3 is 15.8 Å². The Morgan fingerprint density at radius 1 is 1.26 bits per heavy atom. The lowest BCUT2D eigenvalue weighted by Gasteiger charge is -2.41. The number of rotatable bonds is 5. The predicted octanol–water partition coefficient (Wildman–Crippen LogP) is 3.55. The molecule has 0 fully saturated rings. The molecule has 0 bridgehead atoms. The molecule has 5 nitrogen and oxygen atoms in total. The van der Waals surface area contributed by atoms with E-state index in [1.807, 2.05) is 6.92 Å². The summed E-state index contributed by atoms with van der Waals surface area (Å²) in [5.74, 6) is -0.916. The normalized spacial score (nSPS) is 19.0. The van der Waals surface area contributed by atoms with Crippen molar-refractivity contribution in [3.8, 4) is 5.75 Å². The number of fused-ring (bicyclic) bond motifs is 1. The SMILES string of the molecule is CC(CCN)(Nc1ncccn1)C1CCc2cc(F)cc(C(F)(F)F)c2O1. The number of nitrogens with two attached hydrogens (primary N) is 1. The summed E-state index contributed by atoms with van der Waals surface area (Å²) in [6, 6.07) is 3.22. The summed E-state index contributed by atoms with van der Waals surface area (Å²) < 4.78 is 59.5. The van der Waals surface area contributed by atoms with Crippen LogP contribution in [0.3, 0.4) is 0 Å². The van der Waals surface area contributed by atoms with Crippen LogP contribution in [0.25, 0.3) is 0 Å². The van der Waals surface area contributed by atoms with Crippen molar-refractivity contribution in [3.63, 3.8) is 0 Å². The van der Waals surface area contributed by atoms with E-state index in [9.17, 15) is 17.6 Å². The van der Waals surface area contributed by atoms with Crippen molar-refractivity contribution in [3.05, 3.63) is 47.5 Å². The number of aryl methyl sites for hydroxylation is 1. The zero-order valence-corrected chi connectivity index (χ0v) is 14.7. The van der Waals surface area contributed by atoms with Crippen LogP contribution >= 0.6 is 0 Å². The van der Waals surface area contributed by atoms with Crippen LogP contribution in [-0.2, 0) is 12.6 Å². The minimum Gasteiger partial charge on any atom is -0.487 e. The van der Waals surface area contributed by atoms with Gasteiger partial charge in [-0.05, 0) is 56.5 Å². The van der Waals surface area contributed by atoms with Crippen LogP contribution in [0.1, 0.15) is 30.9 Å². The second-order valence-corrected chi connectivity index (χ2v) is 6.74. The van der Waals surface area contributed by atoms with Crippen molar-refractivity contribution >= 4 is 5.95 Å². The largest absolute Gasteiger partial charge is 0.487 e. The number of aromatic nitrogens is 2. The third kappa shape index (κ3) is 4.13. The fraction of sp³-hybridized carbons (Fsp3) is 0.444. The van der Waals surface area contributed by atoms with E-state index >= 15 is 0 Å². The highest BCUT2D eigenvalue weighted by molar-refractivity contribution is 5.46. The van der Waals surface area contributed by atoms with E-state index in [1.54, 1.807) is 18.5 Å². The molecule has 2 unspecified atom stereocenters. The van der Waals surface area contributed by atoms with Gasteiger partial charge in [0.25, 0.3) is 0 Å². The monoisotopic (exact) mass is 384 g/mol. The van der Waals surface area contributed by atoms with E-state index in [4.69, 9.17) is 10.5 Å². The molecule has 0 aliphatic carbocycles. The maximum absolute atomic E-state index is 13.6. The van der Waals surface area contributed by atoms with Crippen LogP contribution in [0, 0.1) is 5.82 Å². The van der Waals surface area contributed by atoms with Gasteiger partial charge >= 0.3 is 6.18 Å². The Kier molecular flexibility index (Phi) is 5.23. The van der Waals surface area contributed by atoms with Gasteiger partial charge in [0.1, 0.15) is 23.2 Å². The summed E-state index contributed by atoms with van der Waals surface area (Å²) in [6.45, 7) is 2.10. The smallest absolute Gasteiger partial charge is 0.420 e. The molecule has 0 saturated heterocycles. The van der Waals surface area contributed by atoms with Crippen LogP contribution in [0.15, 0.2) is 30.6 Å². The molecule has 2 aromatic rings. The Bertz CT molecular complexity index is 800. The van der Waals surface area contributed by atoms with Gasteiger partial charge in [-0.25, -0.2) is 14.4 Å². The molecular weight excluding hydrogens is 364 g/mol. The molecule has 3 N–H and O–H groups in total. The first kappa shape index (κ1) is 19.3. The minimum atomic E-state index is -4.71. The third-order valence-electron chi connectivity index (χ3n) is 4.71. The molecule has 1 aliphatic rings. The van der Waals surface area contributed by atoms with E-state index in [0.717, 1.165) is 6.07 Å². The molecule has 1 aromatic carbocycles. The van der Waals surface area contributed by atoms with Gasteiger partial charge in [-0.1, -0.05) is 0 Å². The topological polar surface area (TPSA) is 73.1 Å². The van der Waals surface area contributed by atoms with E-state index in [-0.39, 0.29) is 17.7 Å². The van der Waals surface area contributed by atoms with E-state index in [2.05, 4.69) is 15.3 Å². The number of halogens is 4. The highest BCUT2D eigenvalue weighted by atomic mass is 19.4. The van der Waals surface area contributed by atoms with Crippen molar-refractivity contribution in [2.24, 2.45) is 5.73 Å². The number of nitrogens with one attached hydrogen (secondary N) is 1. The Morgan fingerprint density at radius 2 is 1.96 bits per heavy atom. The first-order valence-corrected chi connectivity index (χ1v) is 8.54. The maximum atomic E-state index is 13.6. The molecule has 9 heteroatoms. The Balaban J connectivity index is 1.94. The Morgan fingerprint density at radius 3 is 2.59 bits per heavy atom. The maximum Gasteiger partial charge on any atom is 0.420 e. The highest BCUT2D eigenvalue weighted by Gasteiger charge is 2.43. The molecular formula is C18H20F4N4O. The van der Waals surface area contributed by atoms with Crippen LogP contribution < -0.4 is 15.8 Å². The summed E-state index contributed by atoms with van der Waals surface area (Å²) in [5.41, 5.74) is 4.03. The highest BCUT2D eigenvalue weighted by Crippen LogP contribution is 2.43. The standard InChI is InChI=1S/C18H20F4N4O/c1-17(5-6-23,26-16-24-7-2-8-25-16)14-4-3-11-9-12(19)10-13(15(11)27-14)18(20,21)22/h2,7-10,14H,3-6,23H2,1H3,(H,24,25,26). The number of nitrogens with zero attached hydrogens (tertiary/aromatic N) is 2. The third-order valence-corrected chi connectivity index (χ3v) is 4.71. The molecule has 1 aliphatic heterocycles. The van der Waals surface area contributed by atoms with Gasteiger partial charge in [0.2, 0.25) is 5.95 Å². The second kappa shape index (κ2) is 7.30. The number of ether oxygens (including phenoxy) is 1. The number of alkyl halides is 3. The molecule has 27 heavy (non-hydrogen) atoms. The zero-order valence-electron chi connectivity index (χ0n) is 14.7. The Labute approximate surface area is 154 Å². The molecule has 1 aromatic heterocycles. The van der Waals surface area contributed by atoms with Gasteiger partial charge in [-0.3, -0.25) is 0 Å². The predicted molar refractivity (Wildman–Crippen MR) is 91.9 cm³/mol. The van der Waals surface area contributed by atoms with Gasteiger partial charge in [0.05, 0.1) is 5.54 Å². The van der Waals surface area contributed by atoms with Crippen molar-refractivity contribution in [1.82, 2.24) is 9.97 Å². The summed E-state index contributed by atoms with van der Waals surface area (Å²) in [4.78, 5) is 8.21. The van der Waals surface area contributed by atoms with Gasteiger partial charge in [0, 0.05) is 12.4 Å². The van der Waals surface area contributed by atoms with Crippen LogP contribution in [-0.4, -0.2) is 28.2 Å². The van der Waals surface area contributed by atoms with E-state index in [1.165, 1.54) is 0 Å². The van der Waals surface area contributed by atoms with Crippen molar-refractivity contribution in [2.75, 3.05) is 11.9 Å². The van der Waals surface area contributed by atoms with E-state index in [0.29, 0.717) is 31.4 Å². The Hall–Kier alpha value is -2.42. The molecule has 0 spiro atoms. The van der Waals surface area contributed by atoms with Crippen molar-refractivity contribution in [1.29, 1.82) is 0 Å². The van der Waals surface area contributed by atoms with Crippen LogP contribution in [0.5, 0.6) is 5.75 Å². The average molecular weight is 384 g/mol. The van der Waals surface area contributed by atoms with Crippen molar-refractivity contribution in [2.45, 2.75) is 44.0 Å². The number of hydrogen-bond donors (Lipinski definition) is 2. The quantitative estimate of drug-likeness (QED) is 0.772. The lowest BCUT2D eigenvalue weighted by Crippen LogP contribution is -2.52. The lowest BCUT2D eigenvalue weighted by atomic mass is 9.84. The fourth-order valence-electron chi connectivity index (χ4n) is 3.34. The molecule has 146 valence electrons. The second-order valence-electron chi connectivity index (χ2n) is 6.74. The molecule has 2 heterocycles. The molecule has 0 amide bonds. The lowest BCUT2D eigenvalue weighted by molar-refractivity contribution is -0.140. The summed E-state index contributed by atoms with van der Waals surface area (Å²) in [7, 11) is 0. The average Bonchev–Trinajstić information content (AvgIpc) is 2.60. The molecule has 0 radical (unpaired) electrons. The summed E-state index contributed by atoms with van der Waals surface area (Å²) >= 11 is 0. The van der Waals surface area contributed by atoms with E-state index < -0.39 is 29.2 Å². The number of benzene rings is 1. The first-order chi connectivity index (χ1) is 12.7. The molecule has 3 rings (SSSR count). The van der Waals surface area contributed by atoms with Crippen LogP contribution in [0.4, 0.5) is 23.5 Å². The fourth-order valence-corrected chi connectivity index (χ4v) is 3.34. The first-order valence-electron chi connectivity index (χ1n) is 8.54. The molecule has 2 atom stereocenters. The molecule has 0 saturated carbocycles. The number of hydrogen-bond acceptors (Lipinski definition) is 5. The summed E-state index contributed by atoms with van der Waals surface area (Å²) in [6.07, 6.45) is -1.13. The summed E-state index contributed by atoms with van der Waals surface area (Å²) in [5, 5.41) is 3.14. The van der Waals surface area contributed by atoms with Crippen LogP contribution in [0.2, 0.25) is 0 Å².